The number of aryl methyl sites for hydroxylation is 2. The molecular formula is C24H22N2OS. The van der Waals surface area contributed by atoms with E-state index in [9.17, 15) is 4.79 Å². The molecule has 0 bridgehead atoms. The summed E-state index contributed by atoms with van der Waals surface area (Å²) in [7, 11) is 0. The van der Waals surface area contributed by atoms with Gasteiger partial charge < -0.3 is 0 Å². The van der Waals surface area contributed by atoms with Crippen molar-refractivity contribution in [1.29, 1.82) is 0 Å². The lowest BCUT2D eigenvalue weighted by atomic mass is 10.1. The first-order valence-electron chi connectivity index (χ1n) is 9.36. The number of anilines is 1. The van der Waals surface area contributed by atoms with Gasteiger partial charge in [-0.25, -0.2) is 4.98 Å². The van der Waals surface area contributed by atoms with E-state index < -0.39 is 0 Å². The number of benzene rings is 3. The van der Waals surface area contributed by atoms with E-state index >= 15 is 0 Å². The zero-order chi connectivity index (χ0) is 19.5. The van der Waals surface area contributed by atoms with E-state index in [1.54, 1.807) is 11.3 Å². The van der Waals surface area contributed by atoms with Crippen LogP contribution in [0, 0.1) is 13.8 Å². The number of fused-ring (bicyclic) bond motifs is 1. The number of aromatic nitrogens is 1. The molecular weight excluding hydrogens is 364 g/mol. The minimum Gasteiger partial charge on any atom is -0.283 e. The number of hydrogen-bond acceptors (Lipinski definition) is 3. The van der Waals surface area contributed by atoms with Crippen molar-refractivity contribution in [3.63, 3.8) is 0 Å². The summed E-state index contributed by atoms with van der Waals surface area (Å²) in [6.45, 7) is 4.70. The molecule has 1 amide bonds. The zero-order valence-electron chi connectivity index (χ0n) is 16.1. The summed E-state index contributed by atoms with van der Waals surface area (Å²) >= 11 is 1.59. The number of thiazole rings is 1. The number of rotatable bonds is 5. The summed E-state index contributed by atoms with van der Waals surface area (Å²) in [4.78, 5) is 19.9. The van der Waals surface area contributed by atoms with Crippen LogP contribution in [0.1, 0.15) is 22.3 Å². The van der Waals surface area contributed by atoms with E-state index in [1.165, 1.54) is 11.1 Å². The highest BCUT2D eigenvalue weighted by Crippen LogP contribution is 2.33. The number of amides is 1. The van der Waals surface area contributed by atoms with Gasteiger partial charge in [0.05, 0.1) is 23.2 Å². The normalized spacial score (nSPS) is 10.9. The predicted molar refractivity (Wildman–Crippen MR) is 117 cm³/mol. The number of carbonyl (C=O) groups excluding carboxylic acids is 1. The minimum absolute atomic E-state index is 0.0588. The average Bonchev–Trinajstić information content (AvgIpc) is 3.11. The van der Waals surface area contributed by atoms with Crippen molar-refractivity contribution in [2.45, 2.75) is 26.8 Å². The fraction of sp³-hybridized carbons (Fsp3) is 0.167. The molecule has 0 saturated carbocycles. The molecule has 0 aliphatic heterocycles. The van der Waals surface area contributed by atoms with E-state index in [-0.39, 0.29) is 5.91 Å². The second-order valence-electron chi connectivity index (χ2n) is 7.05. The van der Waals surface area contributed by atoms with Gasteiger partial charge in [0.25, 0.3) is 0 Å². The first-order valence-corrected chi connectivity index (χ1v) is 10.2. The molecule has 0 atom stereocenters. The zero-order valence-corrected chi connectivity index (χ0v) is 16.9. The summed E-state index contributed by atoms with van der Waals surface area (Å²) in [6.07, 6.45) is 0.363. The highest BCUT2D eigenvalue weighted by molar-refractivity contribution is 7.22. The molecule has 4 rings (SSSR count). The largest absolute Gasteiger partial charge is 0.283 e. The van der Waals surface area contributed by atoms with Gasteiger partial charge in [0.2, 0.25) is 5.91 Å². The molecule has 4 heteroatoms. The van der Waals surface area contributed by atoms with Crippen molar-refractivity contribution in [1.82, 2.24) is 4.98 Å². The van der Waals surface area contributed by atoms with Crippen LogP contribution in [-0.2, 0) is 17.8 Å². The van der Waals surface area contributed by atoms with Gasteiger partial charge in [0.15, 0.2) is 5.13 Å². The maximum atomic E-state index is 13.2. The lowest BCUT2D eigenvalue weighted by Gasteiger charge is -2.20. The summed E-state index contributed by atoms with van der Waals surface area (Å²) in [6, 6.07) is 24.2. The third kappa shape index (κ3) is 3.97. The Balaban J connectivity index is 1.72. The van der Waals surface area contributed by atoms with Crippen LogP contribution in [0.4, 0.5) is 5.13 Å². The standard InChI is InChI=1S/C24H22N2OS/c1-17-13-18(2)23-21(14-17)25-24(28-23)26(16-20-11-7-4-8-12-20)22(27)15-19-9-5-3-6-10-19/h3-14H,15-16H2,1-2H3. The average molecular weight is 387 g/mol. The van der Waals surface area contributed by atoms with Gasteiger partial charge in [-0.1, -0.05) is 78.1 Å². The van der Waals surface area contributed by atoms with Gasteiger partial charge in [-0.3, -0.25) is 9.69 Å². The third-order valence-electron chi connectivity index (χ3n) is 4.72. The molecule has 28 heavy (non-hydrogen) atoms. The highest BCUT2D eigenvalue weighted by atomic mass is 32.1. The molecule has 3 nitrogen and oxygen atoms in total. The van der Waals surface area contributed by atoms with Crippen LogP contribution in [-0.4, -0.2) is 10.9 Å². The molecule has 3 aromatic carbocycles. The topological polar surface area (TPSA) is 33.2 Å². The molecule has 0 radical (unpaired) electrons. The quantitative estimate of drug-likeness (QED) is 0.441. The summed E-state index contributed by atoms with van der Waals surface area (Å²) in [5, 5.41) is 0.758. The first-order chi connectivity index (χ1) is 13.6. The maximum absolute atomic E-state index is 13.2. The number of nitrogens with zero attached hydrogens (tertiary/aromatic N) is 2. The Morgan fingerprint density at radius 3 is 2.25 bits per heavy atom. The lowest BCUT2D eigenvalue weighted by molar-refractivity contribution is -0.118. The van der Waals surface area contributed by atoms with E-state index in [1.807, 2.05) is 65.6 Å². The van der Waals surface area contributed by atoms with Gasteiger partial charge in [-0.15, -0.1) is 0 Å². The molecule has 0 aliphatic carbocycles. The SMILES string of the molecule is Cc1cc(C)c2sc(N(Cc3ccccc3)C(=O)Cc3ccccc3)nc2c1. The van der Waals surface area contributed by atoms with Crippen LogP contribution >= 0.6 is 11.3 Å². The molecule has 0 N–H and O–H groups in total. The van der Waals surface area contributed by atoms with Crippen LogP contribution in [0.15, 0.2) is 72.8 Å². The molecule has 1 heterocycles. The Bertz CT molecular complexity index is 1100. The Hall–Kier alpha value is -2.98. The Morgan fingerprint density at radius 2 is 1.57 bits per heavy atom. The Labute approximate surface area is 169 Å². The molecule has 4 aromatic rings. The van der Waals surface area contributed by atoms with Crippen LogP contribution in [0.2, 0.25) is 0 Å². The predicted octanol–water partition coefficient (Wildman–Crippen LogP) is 5.69. The van der Waals surface area contributed by atoms with E-state index in [4.69, 9.17) is 4.98 Å². The van der Waals surface area contributed by atoms with Crippen LogP contribution in [0.5, 0.6) is 0 Å². The van der Waals surface area contributed by atoms with Crippen molar-refractivity contribution in [3.8, 4) is 0 Å². The molecule has 0 saturated heterocycles. The van der Waals surface area contributed by atoms with Gasteiger partial charge >= 0.3 is 0 Å². The van der Waals surface area contributed by atoms with Crippen molar-refractivity contribution >= 4 is 32.6 Å². The smallest absolute Gasteiger partial charge is 0.233 e. The summed E-state index contributed by atoms with van der Waals surface area (Å²) < 4.78 is 1.14. The van der Waals surface area contributed by atoms with Crippen LogP contribution in [0.3, 0.4) is 0 Å². The van der Waals surface area contributed by atoms with E-state index in [0.29, 0.717) is 13.0 Å². The molecule has 140 valence electrons. The van der Waals surface area contributed by atoms with Crippen molar-refractivity contribution in [3.05, 3.63) is 95.1 Å². The molecule has 0 unspecified atom stereocenters. The van der Waals surface area contributed by atoms with Crippen LogP contribution in [0.25, 0.3) is 10.2 Å². The second-order valence-corrected chi connectivity index (χ2v) is 8.03. The minimum atomic E-state index is 0.0588. The fourth-order valence-electron chi connectivity index (χ4n) is 3.37. The number of carbonyl (C=O) groups is 1. The van der Waals surface area contributed by atoms with Gasteiger partial charge in [0.1, 0.15) is 0 Å². The van der Waals surface area contributed by atoms with Gasteiger partial charge in [0, 0.05) is 0 Å². The molecule has 0 spiro atoms. The second kappa shape index (κ2) is 7.95. The summed E-state index contributed by atoms with van der Waals surface area (Å²) in [5.74, 6) is 0.0588. The lowest BCUT2D eigenvalue weighted by Crippen LogP contribution is -2.31. The fourth-order valence-corrected chi connectivity index (χ4v) is 4.41. The monoisotopic (exact) mass is 386 g/mol. The number of hydrogen-bond donors (Lipinski definition) is 0. The Kier molecular flexibility index (Phi) is 5.22. The van der Waals surface area contributed by atoms with E-state index in [0.717, 1.165) is 26.5 Å². The van der Waals surface area contributed by atoms with Crippen molar-refractivity contribution < 1.29 is 4.79 Å². The summed E-state index contributed by atoms with van der Waals surface area (Å²) in [5.41, 5.74) is 5.46. The third-order valence-corrected chi connectivity index (χ3v) is 5.95. The van der Waals surface area contributed by atoms with Crippen molar-refractivity contribution in [2.24, 2.45) is 0 Å². The van der Waals surface area contributed by atoms with Gasteiger partial charge in [-0.2, -0.15) is 0 Å². The van der Waals surface area contributed by atoms with E-state index in [2.05, 4.69) is 26.0 Å². The first kappa shape index (κ1) is 18.4. The molecule has 0 fully saturated rings. The Morgan fingerprint density at radius 1 is 0.929 bits per heavy atom. The molecule has 1 aromatic heterocycles. The van der Waals surface area contributed by atoms with Gasteiger partial charge in [-0.05, 0) is 42.2 Å². The highest BCUT2D eigenvalue weighted by Gasteiger charge is 2.21. The maximum Gasteiger partial charge on any atom is 0.233 e. The van der Waals surface area contributed by atoms with Crippen molar-refractivity contribution in [2.75, 3.05) is 4.90 Å². The molecule has 0 aliphatic rings. The van der Waals surface area contributed by atoms with Crippen LogP contribution < -0.4 is 4.90 Å².